The highest BCUT2D eigenvalue weighted by molar-refractivity contribution is 5.85. The van der Waals surface area contributed by atoms with Crippen LogP contribution >= 0.6 is 24.8 Å². The number of fused-ring (bicyclic) bond motifs is 1. The molecule has 1 atom stereocenters. The molecular weight excluding hydrogens is 465 g/mol. The highest BCUT2D eigenvalue weighted by atomic mass is 35.5. The van der Waals surface area contributed by atoms with Crippen molar-refractivity contribution in [3.05, 3.63) is 59.4 Å². The zero-order valence-electron chi connectivity index (χ0n) is 19.3. The molecule has 1 aliphatic heterocycles. The third-order valence-corrected chi connectivity index (χ3v) is 5.87. The fraction of sp³-hybridized carbons (Fsp3) is 0.375. The van der Waals surface area contributed by atoms with E-state index in [1.165, 1.54) is 5.69 Å². The van der Waals surface area contributed by atoms with Crippen LogP contribution in [0.3, 0.4) is 0 Å². The molecule has 0 saturated heterocycles. The summed E-state index contributed by atoms with van der Waals surface area (Å²) in [5.74, 6) is 2.62. The molecule has 0 bridgehead atoms. The predicted octanol–water partition coefficient (Wildman–Crippen LogP) is 4.05. The third kappa shape index (κ3) is 5.38. The van der Waals surface area contributed by atoms with Crippen molar-refractivity contribution < 1.29 is 19.3 Å². The SMILES string of the molecule is COc1cc(-c2nc3c(n2C)CCN(CC(O)c2ccccc2)C3)cc(OC)c1OC.Cl.Cl. The van der Waals surface area contributed by atoms with Crippen molar-refractivity contribution in [3.8, 4) is 28.6 Å². The molecule has 1 N–H and O–H groups in total. The summed E-state index contributed by atoms with van der Waals surface area (Å²) in [6, 6.07) is 13.6. The Labute approximate surface area is 207 Å². The second-order valence-electron chi connectivity index (χ2n) is 7.71. The maximum absolute atomic E-state index is 10.6. The van der Waals surface area contributed by atoms with E-state index in [2.05, 4.69) is 9.47 Å². The van der Waals surface area contributed by atoms with Gasteiger partial charge >= 0.3 is 0 Å². The minimum absolute atomic E-state index is 0. The van der Waals surface area contributed by atoms with Gasteiger partial charge in [-0.1, -0.05) is 30.3 Å². The van der Waals surface area contributed by atoms with Crippen molar-refractivity contribution >= 4 is 24.8 Å². The minimum Gasteiger partial charge on any atom is -0.493 e. The van der Waals surface area contributed by atoms with Crippen molar-refractivity contribution in [2.24, 2.45) is 7.05 Å². The van der Waals surface area contributed by atoms with Gasteiger partial charge in [0.2, 0.25) is 5.75 Å². The van der Waals surface area contributed by atoms with Crippen LogP contribution in [0.4, 0.5) is 0 Å². The Hall–Kier alpha value is -2.45. The summed E-state index contributed by atoms with van der Waals surface area (Å²) in [7, 11) is 6.86. The average Bonchev–Trinajstić information content (AvgIpc) is 3.14. The molecule has 0 fully saturated rings. The van der Waals surface area contributed by atoms with Crippen molar-refractivity contribution in [2.45, 2.75) is 19.1 Å². The molecule has 0 amide bonds. The first-order valence-electron chi connectivity index (χ1n) is 10.4. The summed E-state index contributed by atoms with van der Waals surface area (Å²) in [6.45, 7) is 2.17. The number of aromatic nitrogens is 2. The van der Waals surface area contributed by atoms with E-state index in [9.17, 15) is 5.11 Å². The Bertz CT molecular complexity index is 1030. The van der Waals surface area contributed by atoms with Gasteiger partial charge in [-0.3, -0.25) is 4.90 Å². The summed E-state index contributed by atoms with van der Waals surface area (Å²) in [5, 5.41) is 10.6. The zero-order valence-corrected chi connectivity index (χ0v) is 20.9. The number of hydrogen-bond donors (Lipinski definition) is 1. The molecule has 1 aliphatic rings. The van der Waals surface area contributed by atoms with Gasteiger partial charge in [0.05, 0.1) is 33.1 Å². The lowest BCUT2D eigenvalue weighted by Gasteiger charge is -2.28. The van der Waals surface area contributed by atoms with Crippen LogP contribution in [0.1, 0.15) is 23.1 Å². The number of halogens is 2. The standard InChI is InChI=1S/C24H29N3O4.2ClH/c1-26-19-10-11-27(15-20(28)16-8-6-5-7-9-16)14-18(19)25-24(26)17-12-21(29-2)23(31-4)22(13-17)30-3;;/h5-9,12-13,20,28H,10-11,14-15H2,1-4H3;2*1H. The molecule has 7 nitrogen and oxygen atoms in total. The normalized spacial score (nSPS) is 13.8. The van der Waals surface area contributed by atoms with Crippen LogP contribution in [-0.4, -0.2) is 54.0 Å². The van der Waals surface area contributed by atoms with Crippen molar-refractivity contribution in [1.29, 1.82) is 0 Å². The number of methoxy groups -OCH3 is 3. The predicted molar refractivity (Wildman–Crippen MR) is 133 cm³/mol. The van der Waals surface area contributed by atoms with Crippen molar-refractivity contribution in [1.82, 2.24) is 14.5 Å². The monoisotopic (exact) mass is 495 g/mol. The van der Waals surface area contributed by atoms with Crippen LogP contribution in [0, 0.1) is 0 Å². The summed E-state index contributed by atoms with van der Waals surface area (Å²) in [5.41, 5.74) is 4.10. The summed E-state index contributed by atoms with van der Waals surface area (Å²) >= 11 is 0. The highest BCUT2D eigenvalue weighted by Gasteiger charge is 2.26. The Morgan fingerprint density at radius 1 is 1.00 bits per heavy atom. The number of benzene rings is 2. The topological polar surface area (TPSA) is 69.0 Å². The first-order valence-corrected chi connectivity index (χ1v) is 10.4. The van der Waals surface area contributed by atoms with Gasteiger partial charge in [0.25, 0.3) is 0 Å². The number of aliphatic hydroxyl groups is 1. The second kappa shape index (κ2) is 11.6. The van der Waals surface area contributed by atoms with E-state index in [-0.39, 0.29) is 24.8 Å². The minimum atomic E-state index is -0.513. The van der Waals surface area contributed by atoms with Gasteiger partial charge in [0.15, 0.2) is 11.5 Å². The molecule has 2 aromatic carbocycles. The smallest absolute Gasteiger partial charge is 0.203 e. The fourth-order valence-corrected chi connectivity index (χ4v) is 4.23. The Kier molecular flexibility index (Phi) is 9.43. The fourth-order valence-electron chi connectivity index (χ4n) is 4.23. The van der Waals surface area contributed by atoms with E-state index < -0.39 is 6.10 Å². The highest BCUT2D eigenvalue weighted by Crippen LogP contribution is 2.41. The molecule has 0 saturated carbocycles. The second-order valence-corrected chi connectivity index (χ2v) is 7.71. The van der Waals surface area contributed by atoms with Gasteiger partial charge in [-0.15, -0.1) is 24.8 Å². The van der Waals surface area contributed by atoms with E-state index in [4.69, 9.17) is 19.2 Å². The third-order valence-electron chi connectivity index (χ3n) is 5.87. The van der Waals surface area contributed by atoms with Crippen molar-refractivity contribution in [2.75, 3.05) is 34.4 Å². The summed E-state index contributed by atoms with van der Waals surface area (Å²) < 4.78 is 18.6. The summed E-state index contributed by atoms with van der Waals surface area (Å²) in [4.78, 5) is 7.20. The molecule has 33 heavy (non-hydrogen) atoms. The van der Waals surface area contributed by atoms with Crippen LogP contribution < -0.4 is 14.2 Å². The number of hydrogen-bond acceptors (Lipinski definition) is 6. The van der Waals surface area contributed by atoms with E-state index in [0.29, 0.717) is 30.3 Å². The molecule has 0 aliphatic carbocycles. The van der Waals surface area contributed by atoms with Crippen LogP contribution in [0.5, 0.6) is 17.2 Å². The molecule has 180 valence electrons. The number of β-amino-alcohol motifs (C(OH)–C–C–N with tert-alkyl or cyclic N) is 1. The van der Waals surface area contributed by atoms with Gasteiger partial charge in [0, 0.05) is 44.4 Å². The molecule has 1 unspecified atom stereocenters. The molecule has 9 heteroatoms. The zero-order chi connectivity index (χ0) is 22.0. The van der Waals surface area contributed by atoms with Crippen molar-refractivity contribution in [3.63, 3.8) is 0 Å². The molecule has 1 aromatic heterocycles. The van der Waals surface area contributed by atoms with Crippen LogP contribution in [0.25, 0.3) is 11.4 Å². The molecule has 4 rings (SSSR count). The summed E-state index contributed by atoms with van der Waals surface area (Å²) in [6.07, 6.45) is 0.367. The lowest BCUT2D eigenvalue weighted by molar-refractivity contribution is 0.105. The molecular formula is C24H31Cl2N3O4. The van der Waals surface area contributed by atoms with Gasteiger partial charge in [-0.2, -0.15) is 0 Å². The first kappa shape index (κ1) is 26.8. The Balaban J connectivity index is 0.00000193. The van der Waals surface area contributed by atoms with Gasteiger partial charge in [0.1, 0.15) is 5.82 Å². The molecule has 3 aromatic rings. The first-order chi connectivity index (χ1) is 15.0. The van der Waals surface area contributed by atoms with Crippen LogP contribution in [0.15, 0.2) is 42.5 Å². The number of aliphatic hydroxyl groups excluding tert-OH is 1. The largest absolute Gasteiger partial charge is 0.493 e. The van der Waals surface area contributed by atoms with Gasteiger partial charge < -0.3 is 23.9 Å². The lowest BCUT2D eigenvalue weighted by atomic mass is 10.1. The maximum atomic E-state index is 10.6. The van der Waals surface area contributed by atoms with E-state index in [1.807, 2.05) is 49.5 Å². The quantitative estimate of drug-likeness (QED) is 0.533. The molecule has 0 spiro atoms. The number of ether oxygens (including phenoxy) is 3. The van der Waals surface area contributed by atoms with E-state index in [0.717, 1.165) is 35.6 Å². The average molecular weight is 496 g/mol. The van der Waals surface area contributed by atoms with Gasteiger partial charge in [-0.05, 0) is 17.7 Å². The maximum Gasteiger partial charge on any atom is 0.203 e. The van der Waals surface area contributed by atoms with Gasteiger partial charge in [-0.25, -0.2) is 4.98 Å². The lowest BCUT2D eigenvalue weighted by Crippen LogP contribution is -2.34. The number of rotatable bonds is 7. The number of imidazole rings is 1. The van der Waals surface area contributed by atoms with Crippen LogP contribution in [0.2, 0.25) is 0 Å². The Morgan fingerprint density at radius 2 is 1.64 bits per heavy atom. The van der Waals surface area contributed by atoms with Crippen LogP contribution in [-0.2, 0) is 20.0 Å². The molecule has 0 radical (unpaired) electrons. The number of nitrogens with zero attached hydrogens (tertiary/aromatic N) is 3. The molecule has 2 heterocycles. The Morgan fingerprint density at radius 3 is 2.21 bits per heavy atom. The van der Waals surface area contributed by atoms with E-state index in [1.54, 1.807) is 21.3 Å². The van der Waals surface area contributed by atoms with E-state index >= 15 is 0 Å².